The molecule has 3 aliphatic carbocycles. The summed E-state index contributed by atoms with van der Waals surface area (Å²) in [6.45, 7) is 0. The molecule has 0 saturated heterocycles. The summed E-state index contributed by atoms with van der Waals surface area (Å²) in [7, 11) is 0. The minimum absolute atomic E-state index is 0. The number of carboxylic acid groups (broad SMARTS) is 3. The van der Waals surface area contributed by atoms with E-state index in [1.165, 1.54) is 19.3 Å². The van der Waals surface area contributed by atoms with Gasteiger partial charge in [-0.05, 0) is 38.5 Å². The third-order valence-electron chi connectivity index (χ3n) is 5.86. The van der Waals surface area contributed by atoms with Crippen LogP contribution in [0.5, 0.6) is 0 Å². The van der Waals surface area contributed by atoms with E-state index >= 15 is 0 Å². The molecule has 3 rings (SSSR count). The van der Waals surface area contributed by atoms with Gasteiger partial charge in [-0.25, -0.2) is 0 Å². The second kappa shape index (κ2) is 16.5. The maximum atomic E-state index is 10.4. The van der Waals surface area contributed by atoms with Crippen molar-refractivity contribution in [3.8, 4) is 0 Å². The quantitative estimate of drug-likeness (QED) is 0.465. The maximum Gasteiger partial charge on any atom is 0.306 e. The summed E-state index contributed by atoms with van der Waals surface area (Å²) in [5.41, 5.74) is 0. The smallest absolute Gasteiger partial charge is 0.306 e. The summed E-state index contributed by atoms with van der Waals surface area (Å²) in [6.07, 6.45) is 15.7. The van der Waals surface area contributed by atoms with Crippen molar-refractivity contribution in [3.63, 3.8) is 0 Å². The van der Waals surface area contributed by atoms with Crippen LogP contribution in [-0.4, -0.2) is 33.2 Å². The van der Waals surface area contributed by atoms with E-state index in [-0.39, 0.29) is 56.4 Å². The minimum Gasteiger partial charge on any atom is -0.481 e. The minimum atomic E-state index is -0.602. The second-order valence-electron chi connectivity index (χ2n) is 8.02. The molecule has 3 fully saturated rings. The summed E-state index contributed by atoms with van der Waals surface area (Å²) < 4.78 is 0. The number of carbonyl (C=O) groups is 3. The first-order valence-corrected chi connectivity index (χ1v) is 10.6. The molecule has 0 spiro atoms. The van der Waals surface area contributed by atoms with Gasteiger partial charge < -0.3 is 15.3 Å². The fraction of sp³-hybridized carbons (Fsp3) is 0.857. The first-order valence-electron chi connectivity index (χ1n) is 10.6. The summed E-state index contributed by atoms with van der Waals surface area (Å²) in [5, 5.41) is 25.6. The predicted octanol–water partition coefficient (Wildman–Crippen LogP) is 4.95. The molecule has 0 aromatic rings. The van der Waals surface area contributed by atoms with E-state index < -0.39 is 17.9 Å². The van der Waals surface area contributed by atoms with Crippen molar-refractivity contribution in [2.24, 2.45) is 17.8 Å². The molecule has 0 heterocycles. The molecule has 0 atom stereocenters. The van der Waals surface area contributed by atoms with Gasteiger partial charge in [-0.2, -0.15) is 0 Å². The normalized spacial score (nSPS) is 21.0. The fourth-order valence-electron chi connectivity index (χ4n) is 4.05. The molecule has 1 radical (unpaired) electrons. The molecule has 0 aliphatic heterocycles. The van der Waals surface area contributed by atoms with E-state index in [9.17, 15) is 14.4 Å². The summed E-state index contributed by atoms with van der Waals surface area (Å²) in [5.74, 6) is -1.89. The number of rotatable bonds is 3. The molecule has 0 bridgehead atoms. The third-order valence-corrected chi connectivity index (χ3v) is 5.86. The summed E-state index contributed by atoms with van der Waals surface area (Å²) >= 11 is 0. The van der Waals surface area contributed by atoms with Crippen LogP contribution >= 0.6 is 0 Å². The van der Waals surface area contributed by atoms with E-state index in [0.717, 1.165) is 77.0 Å². The largest absolute Gasteiger partial charge is 0.481 e. The van der Waals surface area contributed by atoms with Gasteiger partial charge in [-0.15, -0.1) is 0 Å². The third kappa shape index (κ3) is 12.3. The van der Waals surface area contributed by atoms with Crippen molar-refractivity contribution in [1.82, 2.24) is 0 Å². The Kier molecular flexibility index (Phi) is 16.3. The van der Waals surface area contributed by atoms with Crippen LogP contribution in [0.1, 0.15) is 96.3 Å². The fourth-order valence-corrected chi connectivity index (χ4v) is 4.05. The van der Waals surface area contributed by atoms with Crippen LogP contribution in [0, 0.1) is 56.4 Å². The Hall–Kier alpha value is -0.304. The van der Waals surface area contributed by atoms with Crippen molar-refractivity contribution in [1.29, 1.82) is 0 Å². The Morgan fingerprint density at radius 3 is 0.714 bits per heavy atom. The molecule has 6 nitrogen and oxygen atoms in total. The molecule has 0 amide bonds. The number of carboxylic acids is 3. The molecule has 3 aliphatic rings. The van der Waals surface area contributed by atoms with Crippen molar-refractivity contribution >= 4 is 17.9 Å². The van der Waals surface area contributed by atoms with Crippen LogP contribution in [-0.2, 0) is 14.4 Å². The van der Waals surface area contributed by atoms with Gasteiger partial charge in [0.1, 0.15) is 0 Å². The molecule has 165 valence electrons. The van der Waals surface area contributed by atoms with Crippen molar-refractivity contribution in [3.05, 3.63) is 0 Å². The van der Waals surface area contributed by atoms with E-state index in [1.807, 2.05) is 0 Å². The van der Waals surface area contributed by atoms with Crippen molar-refractivity contribution in [2.45, 2.75) is 96.3 Å². The Bertz CT molecular complexity index is 383. The second-order valence-corrected chi connectivity index (χ2v) is 8.02. The van der Waals surface area contributed by atoms with Crippen LogP contribution in [0.4, 0.5) is 0 Å². The van der Waals surface area contributed by atoms with Gasteiger partial charge in [0.2, 0.25) is 0 Å². The number of hydrogen-bond donors (Lipinski definition) is 3. The zero-order valence-corrected chi connectivity index (χ0v) is 18.9. The molecule has 0 aromatic heterocycles. The first-order chi connectivity index (χ1) is 12.9. The molecule has 0 aromatic carbocycles. The van der Waals surface area contributed by atoms with Crippen LogP contribution in [0.25, 0.3) is 0 Å². The van der Waals surface area contributed by atoms with Crippen molar-refractivity contribution < 1.29 is 68.3 Å². The van der Waals surface area contributed by atoms with Gasteiger partial charge in [0, 0.05) is 38.6 Å². The van der Waals surface area contributed by atoms with Crippen LogP contribution < -0.4 is 0 Å². The van der Waals surface area contributed by atoms with E-state index in [0.29, 0.717) is 0 Å². The number of hydrogen-bond acceptors (Lipinski definition) is 3. The van der Waals surface area contributed by atoms with Crippen LogP contribution in [0.2, 0.25) is 0 Å². The summed E-state index contributed by atoms with van der Waals surface area (Å²) in [6, 6.07) is 0. The zero-order chi connectivity index (χ0) is 20.1. The maximum absolute atomic E-state index is 10.4. The van der Waals surface area contributed by atoms with E-state index in [4.69, 9.17) is 15.3 Å². The first kappa shape index (κ1) is 27.7. The molecule has 3 saturated carbocycles. The SMILES string of the molecule is O=C(O)C1CCCCC1.O=C(O)C1CCCCC1.O=C(O)C1CCCCC1.[Tb]. The standard InChI is InChI=1S/3C7H12O2.Tb/c3*8-7(9)6-4-2-1-3-5-6;/h3*6H,1-5H2,(H,8,9);. The summed E-state index contributed by atoms with van der Waals surface area (Å²) in [4.78, 5) is 31.1. The van der Waals surface area contributed by atoms with E-state index in [1.54, 1.807) is 0 Å². The predicted molar refractivity (Wildman–Crippen MR) is 103 cm³/mol. The number of aliphatic carboxylic acids is 3. The monoisotopic (exact) mass is 543 g/mol. The Balaban J connectivity index is 0.000000384. The van der Waals surface area contributed by atoms with Gasteiger partial charge in [-0.1, -0.05) is 57.8 Å². The topological polar surface area (TPSA) is 112 Å². The van der Waals surface area contributed by atoms with Crippen molar-refractivity contribution in [2.75, 3.05) is 0 Å². The average Bonchev–Trinajstić information content (AvgIpc) is 2.71. The van der Waals surface area contributed by atoms with Crippen LogP contribution in [0.15, 0.2) is 0 Å². The van der Waals surface area contributed by atoms with Gasteiger partial charge in [0.15, 0.2) is 0 Å². The van der Waals surface area contributed by atoms with Crippen LogP contribution in [0.3, 0.4) is 0 Å². The molecular formula is C21H36O6Tb. The molecule has 28 heavy (non-hydrogen) atoms. The molecular weight excluding hydrogens is 507 g/mol. The van der Waals surface area contributed by atoms with Gasteiger partial charge in [0.25, 0.3) is 0 Å². The zero-order valence-electron chi connectivity index (χ0n) is 16.7. The average molecular weight is 543 g/mol. The van der Waals surface area contributed by atoms with Gasteiger partial charge in [0.05, 0.1) is 17.8 Å². The molecule has 0 unspecified atom stereocenters. The Morgan fingerprint density at radius 1 is 0.429 bits per heavy atom. The van der Waals surface area contributed by atoms with E-state index in [2.05, 4.69) is 0 Å². The van der Waals surface area contributed by atoms with Gasteiger partial charge in [-0.3, -0.25) is 14.4 Å². The Morgan fingerprint density at radius 2 is 0.607 bits per heavy atom. The molecule has 7 heteroatoms. The molecule has 3 N–H and O–H groups in total. The van der Waals surface area contributed by atoms with Gasteiger partial charge >= 0.3 is 17.9 Å². The Labute approximate surface area is 199 Å².